The summed E-state index contributed by atoms with van der Waals surface area (Å²) in [6.45, 7) is 4.23. The number of rotatable bonds is 14. The average Bonchev–Trinajstić information content (AvgIpc) is 3.14. The van der Waals surface area contributed by atoms with E-state index in [0.29, 0.717) is 27.3 Å². The molecule has 1 aliphatic heterocycles. The van der Waals surface area contributed by atoms with Crippen LogP contribution in [-0.4, -0.2) is 22.7 Å². The molecule has 0 bridgehead atoms. The highest BCUT2D eigenvalue weighted by Crippen LogP contribution is 2.39. The maximum Gasteiger partial charge on any atom is 0.266 e. The number of unbranched alkanes of at least 4 members (excludes halogenated alkanes) is 9. The van der Waals surface area contributed by atoms with Gasteiger partial charge in [0.05, 0.1) is 20.8 Å². The van der Waals surface area contributed by atoms with Gasteiger partial charge in [-0.25, -0.2) is 10.0 Å². The minimum Gasteiger partial charge on any atom is -0.276 e. The lowest BCUT2D eigenvalue weighted by Crippen LogP contribution is -2.36. The van der Waals surface area contributed by atoms with Crippen LogP contribution in [0.5, 0.6) is 0 Å². The Labute approximate surface area is 245 Å². The second-order valence-corrected chi connectivity index (χ2v) is 12.3. The molecular formula is C28H35Cl4N3OS. The number of halogens is 4. The molecule has 0 radical (unpaired) electrons. The molecule has 9 heteroatoms. The van der Waals surface area contributed by atoms with Gasteiger partial charge in [0.2, 0.25) is 0 Å². The van der Waals surface area contributed by atoms with Crippen LogP contribution in [0.2, 0.25) is 20.1 Å². The smallest absolute Gasteiger partial charge is 0.266 e. The van der Waals surface area contributed by atoms with Crippen molar-refractivity contribution in [1.82, 2.24) is 5.43 Å². The molecule has 0 spiro atoms. The summed E-state index contributed by atoms with van der Waals surface area (Å²) in [5, 5.41) is 2.35. The van der Waals surface area contributed by atoms with Gasteiger partial charge >= 0.3 is 0 Å². The second kappa shape index (κ2) is 15.5. The number of benzene rings is 2. The number of amides is 1. The largest absolute Gasteiger partial charge is 0.276 e. The lowest BCUT2D eigenvalue weighted by molar-refractivity contribution is -0.116. The van der Waals surface area contributed by atoms with E-state index >= 15 is 0 Å². The number of aliphatic imine (C=N–C) groups is 1. The van der Waals surface area contributed by atoms with Crippen LogP contribution >= 0.6 is 58.2 Å². The number of hydrogen-bond donors (Lipinski definition) is 1. The highest BCUT2D eigenvalue weighted by Gasteiger charge is 2.40. The molecule has 4 nitrogen and oxygen atoms in total. The number of carbonyl (C=O) groups excluding carboxylic acids is 1. The van der Waals surface area contributed by atoms with Crippen molar-refractivity contribution < 1.29 is 4.79 Å². The molecule has 1 fully saturated rings. The molecule has 1 aliphatic rings. The topological polar surface area (TPSA) is 44.7 Å². The summed E-state index contributed by atoms with van der Waals surface area (Å²) >= 11 is 26.9. The van der Waals surface area contributed by atoms with E-state index in [-0.39, 0.29) is 16.0 Å². The normalized spacial score (nSPS) is 16.6. The van der Waals surface area contributed by atoms with E-state index in [4.69, 9.17) is 51.4 Å². The van der Waals surface area contributed by atoms with Gasteiger partial charge in [0.15, 0.2) is 0 Å². The van der Waals surface area contributed by atoms with Gasteiger partial charge < -0.3 is 0 Å². The first kappa shape index (κ1) is 30.4. The summed E-state index contributed by atoms with van der Waals surface area (Å²) in [6.07, 6.45) is 12.7. The first-order valence-corrected chi connectivity index (χ1v) is 15.6. The summed E-state index contributed by atoms with van der Waals surface area (Å²) in [6, 6.07) is 8.77. The van der Waals surface area contributed by atoms with Gasteiger partial charge in [-0.15, -0.1) is 11.8 Å². The number of hydrogen-bond acceptors (Lipinski definition) is 3. The summed E-state index contributed by atoms with van der Waals surface area (Å²) in [7, 11) is 0. The van der Waals surface area contributed by atoms with Crippen molar-refractivity contribution in [3.63, 3.8) is 0 Å². The van der Waals surface area contributed by atoms with Gasteiger partial charge in [-0.05, 0) is 48.9 Å². The molecule has 1 heterocycles. The fourth-order valence-corrected chi connectivity index (χ4v) is 6.50. The first-order chi connectivity index (χ1) is 17.8. The Morgan fingerprint density at radius 3 is 2.08 bits per heavy atom. The summed E-state index contributed by atoms with van der Waals surface area (Å²) in [4.78, 5) is 18.3. The van der Waals surface area contributed by atoms with Crippen LogP contribution in [0.4, 0.5) is 11.4 Å². The number of amidine groups is 1. The Bertz CT molecular complexity index is 1070. The fourth-order valence-electron chi connectivity index (χ4n) is 4.24. The van der Waals surface area contributed by atoms with Crippen molar-refractivity contribution in [2.75, 3.05) is 10.8 Å². The molecule has 1 atom stereocenters. The van der Waals surface area contributed by atoms with Gasteiger partial charge in [0.25, 0.3) is 5.91 Å². The van der Waals surface area contributed by atoms with Crippen molar-refractivity contribution in [2.45, 2.75) is 83.3 Å². The van der Waals surface area contributed by atoms with Gasteiger partial charge in [-0.3, -0.25) is 10.2 Å². The molecule has 0 saturated carbocycles. The zero-order chi connectivity index (χ0) is 26.8. The standard InChI is InChI=1S/C28H35Cl4N3OS/c1-3-4-5-6-7-8-9-10-11-12-15-37-26-27(33-24-16-19(2)13-14-21(24)30)34-35(28(26)36)25-22(31)17-20(29)18-23(25)32/h13-14,16-18,26H,3-12,15H2,1-2H3,(H,33,34). The van der Waals surface area contributed by atoms with E-state index < -0.39 is 5.25 Å². The summed E-state index contributed by atoms with van der Waals surface area (Å²) in [5.41, 5.74) is 5.14. The lowest BCUT2D eigenvalue weighted by atomic mass is 10.1. The van der Waals surface area contributed by atoms with Crippen molar-refractivity contribution in [3.8, 4) is 0 Å². The van der Waals surface area contributed by atoms with Crippen LogP contribution in [0.3, 0.4) is 0 Å². The van der Waals surface area contributed by atoms with Gasteiger partial charge in [0.1, 0.15) is 16.8 Å². The molecule has 0 aliphatic carbocycles. The zero-order valence-corrected chi connectivity index (χ0v) is 25.3. The number of aryl methyl sites for hydroxylation is 1. The third-order valence-electron chi connectivity index (χ3n) is 6.25. The summed E-state index contributed by atoms with van der Waals surface area (Å²) < 4.78 is 0. The van der Waals surface area contributed by atoms with Crippen molar-refractivity contribution in [3.05, 3.63) is 56.0 Å². The highest BCUT2D eigenvalue weighted by atomic mass is 35.5. The van der Waals surface area contributed by atoms with E-state index in [1.165, 1.54) is 56.4 Å². The molecule has 3 rings (SSSR count). The first-order valence-electron chi connectivity index (χ1n) is 13.0. The monoisotopic (exact) mass is 601 g/mol. The molecule has 2 aromatic carbocycles. The SMILES string of the molecule is CCCCCCCCCCCCSC1C(=O)N(c2c(Cl)cc(Cl)cc2Cl)NC1=Nc1cc(C)ccc1Cl. The number of nitrogens with one attached hydrogen (secondary N) is 1. The Kier molecular flexibility index (Phi) is 12.7. The predicted molar refractivity (Wildman–Crippen MR) is 163 cm³/mol. The number of carbonyl (C=O) groups is 1. The molecule has 0 aromatic heterocycles. The Morgan fingerprint density at radius 2 is 1.46 bits per heavy atom. The van der Waals surface area contributed by atoms with Crippen molar-refractivity contribution in [1.29, 1.82) is 0 Å². The van der Waals surface area contributed by atoms with Crippen molar-refractivity contribution in [2.24, 2.45) is 4.99 Å². The van der Waals surface area contributed by atoms with E-state index in [0.717, 1.165) is 24.2 Å². The zero-order valence-electron chi connectivity index (χ0n) is 21.5. The highest BCUT2D eigenvalue weighted by molar-refractivity contribution is 8.01. The average molecular weight is 603 g/mol. The maximum absolute atomic E-state index is 13.5. The minimum atomic E-state index is -0.516. The second-order valence-electron chi connectivity index (χ2n) is 9.39. The van der Waals surface area contributed by atoms with Crippen LogP contribution in [0, 0.1) is 6.92 Å². The van der Waals surface area contributed by atoms with E-state index in [1.807, 2.05) is 25.1 Å². The van der Waals surface area contributed by atoms with Crippen molar-refractivity contribution >= 4 is 81.3 Å². The van der Waals surface area contributed by atoms with Gasteiger partial charge in [-0.2, -0.15) is 0 Å². The lowest BCUT2D eigenvalue weighted by Gasteiger charge is -2.19. The van der Waals surface area contributed by atoms with Gasteiger partial charge in [0, 0.05) is 5.02 Å². The number of hydrazine groups is 1. The van der Waals surface area contributed by atoms with Crippen LogP contribution in [0.25, 0.3) is 0 Å². The predicted octanol–water partition coefficient (Wildman–Crippen LogP) is 10.2. The maximum atomic E-state index is 13.5. The Hall–Kier alpha value is -1.11. The molecule has 202 valence electrons. The molecule has 1 unspecified atom stereocenters. The van der Waals surface area contributed by atoms with Crippen LogP contribution in [0.1, 0.15) is 76.7 Å². The fraction of sp³-hybridized carbons (Fsp3) is 0.500. The molecule has 1 N–H and O–H groups in total. The van der Waals surface area contributed by atoms with E-state index in [9.17, 15) is 4.79 Å². The van der Waals surface area contributed by atoms with Crippen LogP contribution in [-0.2, 0) is 4.79 Å². The molecule has 1 saturated heterocycles. The molecule has 1 amide bonds. The number of nitrogens with zero attached hydrogens (tertiary/aromatic N) is 2. The minimum absolute atomic E-state index is 0.175. The number of anilines is 1. The molecular weight excluding hydrogens is 568 g/mol. The third-order valence-corrected chi connectivity index (χ3v) is 8.65. The van der Waals surface area contributed by atoms with E-state index in [2.05, 4.69) is 12.3 Å². The Morgan fingerprint density at radius 1 is 0.865 bits per heavy atom. The van der Waals surface area contributed by atoms with E-state index in [1.54, 1.807) is 23.9 Å². The van der Waals surface area contributed by atoms with Gasteiger partial charge in [-0.1, -0.05) is 117 Å². The van der Waals surface area contributed by atoms with Crippen LogP contribution in [0.15, 0.2) is 35.3 Å². The number of thioether (sulfide) groups is 1. The quantitative estimate of drug-likeness (QED) is 0.219. The molecule has 2 aromatic rings. The molecule has 37 heavy (non-hydrogen) atoms. The third kappa shape index (κ3) is 8.96. The summed E-state index contributed by atoms with van der Waals surface area (Å²) in [5.74, 6) is 1.19. The van der Waals surface area contributed by atoms with Crippen LogP contribution < -0.4 is 10.4 Å². The Balaban J connectivity index is 1.65.